The van der Waals surface area contributed by atoms with E-state index >= 15 is 0 Å². The first-order valence-corrected chi connectivity index (χ1v) is 9.00. The Morgan fingerprint density at radius 2 is 1.71 bits per heavy atom. The van der Waals surface area contributed by atoms with Gasteiger partial charge in [-0.05, 0) is 44.6 Å². The highest BCUT2D eigenvalue weighted by atomic mass is 16.2. The van der Waals surface area contributed by atoms with Crippen molar-refractivity contribution in [3.8, 4) is 0 Å². The molecule has 0 saturated carbocycles. The van der Waals surface area contributed by atoms with E-state index in [1.54, 1.807) is 6.92 Å². The molecule has 1 aliphatic heterocycles. The lowest BCUT2D eigenvalue weighted by molar-refractivity contribution is -0.126. The van der Waals surface area contributed by atoms with Crippen molar-refractivity contribution in [2.24, 2.45) is 17.6 Å². The van der Waals surface area contributed by atoms with E-state index in [4.69, 9.17) is 5.73 Å². The SMILES string of the molecule is CC1CC(C)CN(C(C)(C)CNC(=O)C(C)(N)c2ccccc2)C1. The predicted molar refractivity (Wildman–Crippen MR) is 99.6 cm³/mol. The smallest absolute Gasteiger partial charge is 0.244 e. The monoisotopic (exact) mass is 331 g/mol. The molecule has 1 aromatic rings. The summed E-state index contributed by atoms with van der Waals surface area (Å²) in [5.74, 6) is 1.28. The van der Waals surface area contributed by atoms with Gasteiger partial charge in [0.15, 0.2) is 0 Å². The molecule has 3 atom stereocenters. The summed E-state index contributed by atoms with van der Waals surface area (Å²) in [5, 5.41) is 3.08. The number of likely N-dealkylation sites (tertiary alicyclic amines) is 1. The van der Waals surface area contributed by atoms with Gasteiger partial charge in [-0.25, -0.2) is 0 Å². The van der Waals surface area contributed by atoms with Crippen LogP contribution < -0.4 is 11.1 Å². The highest BCUT2D eigenvalue weighted by Gasteiger charge is 2.35. The van der Waals surface area contributed by atoms with Gasteiger partial charge in [-0.3, -0.25) is 9.69 Å². The summed E-state index contributed by atoms with van der Waals surface area (Å²) in [4.78, 5) is 15.2. The van der Waals surface area contributed by atoms with Crippen molar-refractivity contribution in [3.05, 3.63) is 35.9 Å². The van der Waals surface area contributed by atoms with Crippen LogP contribution in [0.1, 0.15) is 46.6 Å². The molecule has 4 heteroatoms. The molecule has 0 spiro atoms. The lowest BCUT2D eigenvalue weighted by Gasteiger charge is -2.45. The van der Waals surface area contributed by atoms with Crippen LogP contribution in [0.25, 0.3) is 0 Å². The van der Waals surface area contributed by atoms with Gasteiger partial charge in [0.05, 0.1) is 0 Å². The number of piperidine rings is 1. The molecule has 1 fully saturated rings. The van der Waals surface area contributed by atoms with Crippen molar-refractivity contribution >= 4 is 5.91 Å². The molecule has 0 radical (unpaired) electrons. The predicted octanol–water partition coefficient (Wildman–Crippen LogP) is 2.73. The third-order valence-corrected chi connectivity index (χ3v) is 5.25. The number of amides is 1. The van der Waals surface area contributed by atoms with Gasteiger partial charge in [-0.1, -0.05) is 44.2 Å². The Labute approximate surface area is 146 Å². The van der Waals surface area contributed by atoms with E-state index < -0.39 is 5.54 Å². The van der Waals surface area contributed by atoms with Gasteiger partial charge in [0, 0.05) is 25.2 Å². The molecule has 1 amide bonds. The lowest BCUT2D eigenvalue weighted by atomic mass is 9.87. The fourth-order valence-electron chi connectivity index (χ4n) is 3.66. The summed E-state index contributed by atoms with van der Waals surface area (Å²) in [7, 11) is 0. The molecule has 1 aromatic carbocycles. The Balaban J connectivity index is 1.99. The van der Waals surface area contributed by atoms with E-state index in [0.29, 0.717) is 18.4 Å². The summed E-state index contributed by atoms with van der Waals surface area (Å²) in [5.41, 5.74) is 6.05. The highest BCUT2D eigenvalue weighted by Crippen LogP contribution is 2.27. The Kier molecular flexibility index (Phi) is 5.71. The molecule has 2 rings (SSSR count). The molecular formula is C20H33N3O. The van der Waals surface area contributed by atoms with Gasteiger partial charge in [-0.15, -0.1) is 0 Å². The molecule has 0 aromatic heterocycles. The van der Waals surface area contributed by atoms with E-state index in [1.165, 1.54) is 6.42 Å². The van der Waals surface area contributed by atoms with Gasteiger partial charge in [0.2, 0.25) is 5.91 Å². The first kappa shape index (κ1) is 18.9. The second kappa shape index (κ2) is 7.24. The maximum absolute atomic E-state index is 12.7. The molecule has 3 N–H and O–H groups in total. The molecule has 3 unspecified atom stereocenters. The third-order valence-electron chi connectivity index (χ3n) is 5.25. The maximum Gasteiger partial charge on any atom is 0.244 e. The molecule has 4 nitrogen and oxygen atoms in total. The number of nitrogens with two attached hydrogens (primary N) is 1. The Morgan fingerprint density at radius 1 is 1.17 bits per heavy atom. The molecule has 1 heterocycles. The van der Waals surface area contributed by atoms with E-state index in [-0.39, 0.29) is 11.4 Å². The average Bonchev–Trinajstić information content (AvgIpc) is 2.52. The zero-order chi connectivity index (χ0) is 18.0. The van der Waals surface area contributed by atoms with E-state index in [2.05, 4.69) is 37.9 Å². The fraction of sp³-hybridized carbons (Fsp3) is 0.650. The maximum atomic E-state index is 12.7. The number of nitrogens with zero attached hydrogens (tertiary/aromatic N) is 1. The quantitative estimate of drug-likeness (QED) is 0.872. The minimum atomic E-state index is -1.01. The van der Waals surface area contributed by atoms with Crippen LogP contribution in [0.4, 0.5) is 0 Å². The summed E-state index contributed by atoms with van der Waals surface area (Å²) in [6.45, 7) is 13.6. The minimum absolute atomic E-state index is 0.0780. The Morgan fingerprint density at radius 3 is 2.25 bits per heavy atom. The first-order chi connectivity index (χ1) is 11.1. The Hall–Kier alpha value is -1.39. The van der Waals surface area contributed by atoms with Gasteiger partial charge in [0.1, 0.15) is 5.54 Å². The minimum Gasteiger partial charge on any atom is -0.352 e. The van der Waals surface area contributed by atoms with E-state index in [9.17, 15) is 4.79 Å². The molecule has 24 heavy (non-hydrogen) atoms. The van der Waals surface area contributed by atoms with E-state index in [1.807, 2.05) is 30.3 Å². The first-order valence-electron chi connectivity index (χ1n) is 9.00. The molecule has 1 aliphatic rings. The van der Waals surface area contributed by atoms with Crippen molar-refractivity contribution < 1.29 is 4.79 Å². The Bertz CT molecular complexity index is 543. The average molecular weight is 332 g/mol. The number of hydrogen-bond acceptors (Lipinski definition) is 3. The number of carbonyl (C=O) groups is 1. The highest BCUT2D eigenvalue weighted by molar-refractivity contribution is 5.87. The largest absolute Gasteiger partial charge is 0.352 e. The second-order valence-corrected chi connectivity index (χ2v) is 8.41. The zero-order valence-corrected chi connectivity index (χ0v) is 15.8. The number of nitrogens with one attached hydrogen (secondary N) is 1. The van der Waals surface area contributed by atoms with Gasteiger partial charge in [0.25, 0.3) is 0 Å². The summed E-state index contributed by atoms with van der Waals surface area (Å²) >= 11 is 0. The van der Waals surface area contributed by atoms with Crippen molar-refractivity contribution in [1.29, 1.82) is 0 Å². The van der Waals surface area contributed by atoms with Gasteiger partial charge < -0.3 is 11.1 Å². The van der Waals surface area contributed by atoms with Crippen LogP contribution in [0.2, 0.25) is 0 Å². The van der Waals surface area contributed by atoms with Crippen molar-refractivity contribution in [2.45, 2.75) is 52.1 Å². The number of benzene rings is 1. The van der Waals surface area contributed by atoms with E-state index in [0.717, 1.165) is 18.7 Å². The number of carbonyl (C=O) groups excluding carboxylic acids is 1. The van der Waals surface area contributed by atoms with Crippen LogP contribution in [0.3, 0.4) is 0 Å². The van der Waals surface area contributed by atoms with Crippen LogP contribution >= 0.6 is 0 Å². The van der Waals surface area contributed by atoms with Crippen molar-refractivity contribution in [3.63, 3.8) is 0 Å². The van der Waals surface area contributed by atoms with Gasteiger partial charge in [-0.2, -0.15) is 0 Å². The lowest BCUT2D eigenvalue weighted by Crippen LogP contribution is -2.58. The van der Waals surface area contributed by atoms with Crippen molar-refractivity contribution in [2.75, 3.05) is 19.6 Å². The van der Waals surface area contributed by atoms with Gasteiger partial charge >= 0.3 is 0 Å². The van der Waals surface area contributed by atoms with Crippen LogP contribution in [-0.2, 0) is 10.3 Å². The molecule has 1 saturated heterocycles. The number of hydrogen-bond donors (Lipinski definition) is 2. The zero-order valence-electron chi connectivity index (χ0n) is 15.8. The second-order valence-electron chi connectivity index (χ2n) is 8.41. The fourth-order valence-corrected chi connectivity index (χ4v) is 3.66. The molecule has 0 bridgehead atoms. The topological polar surface area (TPSA) is 58.4 Å². The normalized spacial score (nSPS) is 25.1. The molecular weight excluding hydrogens is 298 g/mol. The van der Waals surface area contributed by atoms with Crippen LogP contribution in [0, 0.1) is 11.8 Å². The summed E-state index contributed by atoms with van der Waals surface area (Å²) in [6.07, 6.45) is 1.29. The third kappa shape index (κ3) is 4.37. The van der Waals surface area contributed by atoms with Crippen molar-refractivity contribution in [1.82, 2.24) is 10.2 Å². The standard InChI is InChI=1S/C20H33N3O/c1-15-11-16(2)13-23(12-15)19(3,4)14-22-18(24)20(5,21)17-9-7-6-8-10-17/h6-10,15-16H,11-14,21H2,1-5H3,(H,22,24). The molecule has 0 aliphatic carbocycles. The molecule has 134 valence electrons. The van der Waals surface area contributed by atoms with Crippen LogP contribution in [0.15, 0.2) is 30.3 Å². The summed E-state index contributed by atoms with van der Waals surface area (Å²) < 4.78 is 0. The van der Waals surface area contributed by atoms with Crippen LogP contribution in [0.5, 0.6) is 0 Å². The summed E-state index contributed by atoms with van der Waals surface area (Å²) in [6, 6.07) is 9.55. The van der Waals surface area contributed by atoms with Crippen LogP contribution in [-0.4, -0.2) is 36.0 Å². The number of rotatable bonds is 5.